The molecule has 14 heavy (non-hydrogen) atoms. The molecule has 0 radical (unpaired) electrons. The summed E-state index contributed by atoms with van der Waals surface area (Å²) in [6, 6.07) is 0. The average Bonchev–Trinajstić information content (AvgIpc) is 2.71. The third-order valence-electron chi connectivity index (χ3n) is 3.60. The van der Waals surface area contributed by atoms with E-state index >= 15 is 0 Å². The van der Waals surface area contributed by atoms with Crippen LogP contribution in [-0.4, -0.2) is 18.0 Å². The van der Waals surface area contributed by atoms with Gasteiger partial charge in [0.25, 0.3) is 0 Å². The minimum atomic E-state index is 0.751. The molecular formula is C13H21N. The molecule has 0 N–H and O–H groups in total. The van der Waals surface area contributed by atoms with E-state index in [1.807, 2.05) is 0 Å². The van der Waals surface area contributed by atoms with Gasteiger partial charge in [0, 0.05) is 18.8 Å². The van der Waals surface area contributed by atoms with Crippen molar-refractivity contribution in [3.63, 3.8) is 0 Å². The molecule has 1 saturated heterocycles. The largest absolute Gasteiger partial charge is 0.375 e. The molecule has 1 fully saturated rings. The van der Waals surface area contributed by atoms with Gasteiger partial charge in [0.15, 0.2) is 0 Å². The Morgan fingerprint density at radius 1 is 1.43 bits per heavy atom. The molecule has 1 aliphatic heterocycles. The maximum absolute atomic E-state index is 4.06. The highest BCUT2D eigenvalue weighted by Gasteiger charge is 2.20. The van der Waals surface area contributed by atoms with E-state index < -0.39 is 0 Å². The van der Waals surface area contributed by atoms with Gasteiger partial charge in [-0.3, -0.25) is 0 Å². The molecule has 2 aliphatic rings. The van der Waals surface area contributed by atoms with Crippen molar-refractivity contribution < 1.29 is 0 Å². The summed E-state index contributed by atoms with van der Waals surface area (Å²) in [5.41, 5.74) is 2.97. The van der Waals surface area contributed by atoms with Gasteiger partial charge < -0.3 is 4.90 Å². The van der Waals surface area contributed by atoms with Crippen LogP contribution in [0.3, 0.4) is 0 Å². The molecule has 0 unspecified atom stereocenters. The molecule has 0 aromatic heterocycles. The Morgan fingerprint density at radius 3 is 2.64 bits per heavy atom. The lowest BCUT2D eigenvalue weighted by atomic mass is 9.87. The summed E-state index contributed by atoms with van der Waals surface area (Å²) in [6.45, 7) is 8.81. The molecule has 0 bridgehead atoms. The fraction of sp³-hybridized carbons (Fsp3) is 0.692. The van der Waals surface area contributed by atoms with Gasteiger partial charge in [0.1, 0.15) is 0 Å². The fourth-order valence-electron chi connectivity index (χ4n) is 2.56. The second-order valence-corrected chi connectivity index (χ2v) is 4.71. The van der Waals surface area contributed by atoms with E-state index in [1.54, 1.807) is 5.70 Å². The van der Waals surface area contributed by atoms with Gasteiger partial charge in [0.05, 0.1) is 0 Å². The van der Waals surface area contributed by atoms with Crippen molar-refractivity contribution in [2.45, 2.75) is 39.0 Å². The van der Waals surface area contributed by atoms with Gasteiger partial charge in [-0.2, -0.15) is 0 Å². The molecular weight excluding hydrogens is 170 g/mol. The van der Waals surface area contributed by atoms with Crippen LogP contribution in [0.25, 0.3) is 0 Å². The van der Waals surface area contributed by atoms with Crippen LogP contribution in [0.5, 0.6) is 0 Å². The fourth-order valence-corrected chi connectivity index (χ4v) is 2.56. The minimum Gasteiger partial charge on any atom is -0.375 e. The van der Waals surface area contributed by atoms with Crippen LogP contribution in [0.2, 0.25) is 0 Å². The molecule has 0 saturated carbocycles. The molecule has 78 valence electrons. The summed E-state index contributed by atoms with van der Waals surface area (Å²) < 4.78 is 0. The predicted molar refractivity (Wildman–Crippen MR) is 61.0 cm³/mol. The monoisotopic (exact) mass is 191 g/mol. The van der Waals surface area contributed by atoms with Gasteiger partial charge in [-0.15, -0.1) is 0 Å². The Labute approximate surface area is 87.5 Å². The molecule has 1 heteroatoms. The SMILES string of the molecule is C=C(C)[C@H]1CC=C(N2CCCC2)CC1. The highest BCUT2D eigenvalue weighted by Crippen LogP contribution is 2.31. The number of nitrogens with zero attached hydrogens (tertiary/aromatic N) is 1. The molecule has 0 spiro atoms. The van der Waals surface area contributed by atoms with Crippen LogP contribution in [0.4, 0.5) is 0 Å². The Balaban J connectivity index is 1.93. The zero-order chi connectivity index (χ0) is 9.97. The minimum absolute atomic E-state index is 0.751. The van der Waals surface area contributed by atoms with Gasteiger partial charge >= 0.3 is 0 Å². The van der Waals surface area contributed by atoms with E-state index in [0.717, 1.165) is 5.92 Å². The Hall–Kier alpha value is -0.720. The summed E-state index contributed by atoms with van der Waals surface area (Å²) >= 11 is 0. The number of hydrogen-bond acceptors (Lipinski definition) is 1. The van der Waals surface area contributed by atoms with Crippen LogP contribution >= 0.6 is 0 Å². The van der Waals surface area contributed by atoms with Gasteiger partial charge in [-0.1, -0.05) is 18.2 Å². The van der Waals surface area contributed by atoms with Gasteiger partial charge in [-0.05, 0) is 44.9 Å². The second-order valence-electron chi connectivity index (χ2n) is 4.71. The van der Waals surface area contributed by atoms with E-state index in [-0.39, 0.29) is 0 Å². The van der Waals surface area contributed by atoms with Crippen LogP contribution in [-0.2, 0) is 0 Å². The van der Waals surface area contributed by atoms with Crippen LogP contribution < -0.4 is 0 Å². The molecule has 2 rings (SSSR count). The third-order valence-corrected chi connectivity index (χ3v) is 3.60. The summed E-state index contributed by atoms with van der Waals surface area (Å²) in [5, 5.41) is 0. The zero-order valence-electron chi connectivity index (χ0n) is 9.26. The topological polar surface area (TPSA) is 3.24 Å². The first-order valence-electron chi connectivity index (χ1n) is 5.87. The molecule has 1 atom stereocenters. The van der Waals surface area contributed by atoms with Crippen molar-refractivity contribution in [3.05, 3.63) is 23.9 Å². The molecule has 1 heterocycles. The standard InChI is InChI=1S/C13H21N/c1-11(2)12-5-7-13(8-6-12)14-9-3-4-10-14/h7,12H,1,3-6,8-10H2,2H3/t12-/m0/s1. The van der Waals surface area contributed by atoms with Crippen LogP contribution in [0.1, 0.15) is 39.0 Å². The smallest absolute Gasteiger partial charge is 0.0175 e. The van der Waals surface area contributed by atoms with Crippen molar-refractivity contribution in [1.82, 2.24) is 4.90 Å². The Morgan fingerprint density at radius 2 is 2.14 bits per heavy atom. The normalized spacial score (nSPS) is 27.6. The summed E-state index contributed by atoms with van der Waals surface area (Å²) in [4.78, 5) is 2.58. The third kappa shape index (κ3) is 2.02. The summed E-state index contributed by atoms with van der Waals surface area (Å²) in [5.74, 6) is 0.751. The van der Waals surface area contributed by atoms with Crippen molar-refractivity contribution >= 4 is 0 Å². The Bertz CT molecular complexity index is 246. The van der Waals surface area contributed by atoms with Crippen molar-refractivity contribution in [2.75, 3.05) is 13.1 Å². The summed E-state index contributed by atoms with van der Waals surface area (Å²) in [6.07, 6.45) is 9.05. The number of hydrogen-bond donors (Lipinski definition) is 0. The maximum atomic E-state index is 4.06. The van der Waals surface area contributed by atoms with E-state index in [1.165, 1.54) is 50.8 Å². The first-order chi connectivity index (χ1) is 6.77. The van der Waals surface area contributed by atoms with E-state index in [2.05, 4.69) is 24.5 Å². The van der Waals surface area contributed by atoms with Crippen LogP contribution in [0.15, 0.2) is 23.9 Å². The number of likely N-dealkylation sites (tertiary alicyclic amines) is 1. The van der Waals surface area contributed by atoms with Gasteiger partial charge in [-0.25, -0.2) is 0 Å². The Kier molecular flexibility index (Phi) is 2.95. The summed E-state index contributed by atoms with van der Waals surface area (Å²) in [7, 11) is 0. The number of rotatable bonds is 2. The van der Waals surface area contributed by atoms with Gasteiger partial charge in [0.2, 0.25) is 0 Å². The quantitative estimate of drug-likeness (QED) is 0.605. The highest BCUT2D eigenvalue weighted by molar-refractivity contribution is 5.12. The predicted octanol–water partition coefficient (Wildman–Crippen LogP) is 3.34. The van der Waals surface area contributed by atoms with E-state index in [9.17, 15) is 0 Å². The second kappa shape index (κ2) is 4.20. The molecule has 1 nitrogen and oxygen atoms in total. The molecule has 0 aromatic rings. The maximum Gasteiger partial charge on any atom is 0.0175 e. The van der Waals surface area contributed by atoms with Crippen molar-refractivity contribution in [3.8, 4) is 0 Å². The molecule has 1 aliphatic carbocycles. The zero-order valence-corrected chi connectivity index (χ0v) is 9.26. The lowest BCUT2D eigenvalue weighted by Crippen LogP contribution is -2.21. The van der Waals surface area contributed by atoms with E-state index in [0.29, 0.717) is 0 Å². The molecule has 0 amide bonds. The van der Waals surface area contributed by atoms with Crippen LogP contribution in [0, 0.1) is 5.92 Å². The molecule has 0 aromatic carbocycles. The lowest BCUT2D eigenvalue weighted by molar-refractivity contribution is 0.375. The van der Waals surface area contributed by atoms with Crippen molar-refractivity contribution in [1.29, 1.82) is 0 Å². The first-order valence-corrected chi connectivity index (χ1v) is 5.87. The number of allylic oxidation sites excluding steroid dienone is 3. The highest BCUT2D eigenvalue weighted by atomic mass is 15.1. The van der Waals surface area contributed by atoms with Crippen molar-refractivity contribution in [2.24, 2.45) is 5.92 Å². The van der Waals surface area contributed by atoms with E-state index in [4.69, 9.17) is 0 Å². The average molecular weight is 191 g/mol. The first kappa shape index (κ1) is 9.82. The lowest BCUT2D eigenvalue weighted by Gasteiger charge is -2.28.